The van der Waals surface area contributed by atoms with Gasteiger partial charge in [0.1, 0.15) is 0 Å². The molecule has 0 aliphatic heterocycles. The molecule has 6 heteroatoms. The van der Waals surface area contributed by atoms with Crippen molar-refractivity contribution in [3.8, 4) is 5.69 Å². The second kappa shape index (κ2) is 3.66. The Bertz CT molecular complexity index is 697. The lowest BCUT2D eigenvalue weighted by atomic mass is 10.2. The second-order valence-corrected chi connectivity index (χ2v) is 4.80. The molecule has 0 amide bonds. The molecule has 0 saturated carbocycles. The summed E-state index contributed by atoms with van der Waals surface area (Å²) in [7, 11) is 0. The number of aryl methyl sites for hydroxylation is 2. The van der Waals surface area contributed by atoms with Gasteiger partial charge in [-0.05, 0) is 47.5 Å². The van der Waals surface area contributed by atoms with Gasteiger partial charge in [0.15, 0.2) is 11.2 Å². The highest BCUT2D eigenvalue weighted by atomic mass is 79.9. The summed E-state index contributed by atoms with van der Waals surface area (Å²) in [6.07, 6.45) is 0. The number of rotatable bonds is 1. The lowest BCUT2D eigenvalue weighted by Gasteiger charge is -2.03. The summed E-state index contributed by atoms with van der Waals surface area (Å²) < 4.78 is 0.973. The van der Waals surface area contributed by atoms with Crippen LogP contribution in [0.3, 0.4) is 0 Å². The van der Waals surface area contributed by atoms with Crippen LogP contribution in [0.5, 0.6) is 0 Å². The monoisotopic (exact) mass is 291 g/mol. The molecule has 2 heterocycles. The van der Waals surface area contributed by atoms with Crippen LogP contribution in [0.1, 0.15) is 11.3 Å². The fourth-order valence-electron chi connectivity index (χ4n) is 1.70. The predicted octanol–water partition coefficient (Wildman–Crippen LogP) is 2.52. The second-order valence-electron chi connectivity index (χ2n) is 3.95. The minimum Gasteiger partial charge on any atom is -0.258 e. The molecule has 0 bridgehead atoms. The molecule has 5 nitrogen and oxygen atoms in total. The summed E-state index contributed by atoms with van der Waals surface area (Å²) in [5, 5.41) is 15.7. The molecule has 2 aromatic heterocycles. The van der Waals surface area contributed by atoms with E-state index in [2.05, 4.69) is 36.3 Å². The minimum atomic E-state index is 0.704. The number of nitrogens with one attached hydrogen (secondary N) is 1. The smallest absolute Gasteiger partial charge is 0.198 e. The molecular weight excluding hydrogens is 282 g/mol. The third-order valence-electron chi connectivity index (χ3n) is 2.60. The number of aromatic nitrogens is 5. The average molecular weight is 292 g/mol. The van der Waals surface area contributed by atoms with E-state index in [-0.39, 0.29) is 0 Å². The molecule has 1 N–H and O–H groups in total. The van der Waals surface area contributed by atoms with Gasteiger partial charge < -0.3 is 0 Å². The van der Waals surface area contributed by atoms with Crippen LogP contribution >= 0.6 is 15.9 Å². The van der Waals surface area contributed by atoms with Gasteiger partial charge in [-0.15, -0.1) is 15.0 Å². The maximum atomic E-state index is 4.41. The number of benzene rings is 1. The molecule has 17 heavy (non-hydrogen) atoms. The van der Waals surface area contributed by atoms with Gasteiger partial charge in [-0.2, -0.15) is 5.10 Å². The summed E-state index contributed by atoms with van der Waals surface area (Å²) in [5.74, 6) is 0. The maximum Gasteiger partial charge on any atom is 0.198 e. The number of H-pyrrole nitrogens is 1. The zero-order valence-corrected chi connectivity index (χ0v) is 11.0. The van der Waals surface area contributed by atoms with Crippen LogP contribution in [-0.2, 0) is 0 Å². The normalized spacial score (nSPS) is 11.2. The maximum absolute atomic E-state index is 4.41. The van der Waals surface area contributed by atoms with E-state index in [1.165, 1.54) is 5.56 Å². The topological polar surface area (TPSA) is 59.4 Å². The predicted molar refractivity (Wildman–Crippen MR) is 68.2 cm³/mol. The number of aromatic amines is 1. The molecule has 0 saturated heterocycles. The molecule has 3 aromatic rings. The van der Waals surface area contributed by atoms with Gasteiger partial charge in [-0.25, -0.2) is 0 Å². The molecule has 1 aromatic carbocycles. The summed E-state index contributed by atoms with van der Waals surface area (Å²) in [6.45, 7) is 3.95. The van der Waals surface area contributed by atoms with Crippen molar-refractivity contribution in [2.75, 3.05) is 0 Å². The Hall–Kier alpha value is -1.69. The van der Waals surface area contributed by atoms with Crippen LogP contribution < -0.4 is 0 Å². The molecule has 0 aliphatic rings. The van der Waals surface area contributed by atoms with Crippen molar-refractivity contribution in [3.05, 3.63) is 33.9 Å². The van der Waals surface area contributed by atoms with Gasteiger partial charge in [0.25, 0.3) is 0 Å². The van der Waals surface area contributed by atoms with Gasteiger partial charge in [0.2, 0.25) is 0 Å². The van der Waals surface area contributed by atoms with E-state index in [1.54, 1.807) is 4.80 Å². The number of nitrogens with zero attached hydrogens (tertiary/aromatic N) is 4. The van der Waals surface area contributed by atoms with Crippen molar-refractivity contribution < 1.29 is 0 Å². The standard InChI is InChI=1S/C11H10BrN5/c1-6-3-4-9(8(12)5-6)17-15-10-7(2)13-14-11(10)16-17/h3-5H,1-2H3,(H,14,16). The molecule has 0 fully saturated rings. The molecule has 0 atom stereocenters. The first kappa shape index (κ1) is 10.5. The fraction of sp³-hybridized carbons (Fsp3) is 0.182. The highest BCUT2D eigenvalue weighted by Crippen LogP contribution is 2.22. The van der Waals surface area contributed by atoms with Crippen molar-refractivity contribution in [2.24, 2.45) is 0 Å². The van der Waals surface area contributed by atoms with Crippen molar-refractivity contribution in [1.82, 2.24) is 25.2 Å². The Morgan fingerprint density at radius 1 is 1.24 bits per heavy atom. The molecule has 0 aliphatic carbocycles. The molecule has 0 unspecified atom stereocenters. The van der Waals surface area contributed by atoms with Crippen molar-refractivity contribution >= 4 is 27.1 Å². The van der Waals surface area contributed by atoms with Crippen LogP contribution in [0.15, 0.2) is 22.7 Å². The summed E-state index contributed by atoms with van der Waals surface area (Å²) >= 11 is 3.52. The molecule has 86 valence electrons. The third kappa shape index (κ3) is 1.64. The lowest BCUT2D eigenvalue weighted by Crippen LogP contribution is -2.00. The van der Waals surface area contributed by atoms with Crippen LogP contribution in [0, 0.1) is 13.8 Å². The molecule has 3 rings (SSSR count). The molecule has 0 radical (unpaired) electrons. The minimum absolute atomic E-state index is 0.704. The number of hydrogen-bond acceptors (Lipinski definition) is 3. The Labute approximate surface area is 106 Å². The third-order valence-corrected chi connectivity index (χ3v) is 3.24. The van der Waals surface area contributed by atoms with Gasteiger partial charge in [-0.1, -0.05) is 6.07 Å². The quantitative estimate of drug-likeness (QED) is 0.749. The zero-order chi connectivity index (χ0) is 12.0. The first-order valence-corrected chi connectivity index (χ1v) is 5.99. The van der Waals surface area contributed by atoms with Crippen molar-refractivity contribution in [3.63, 3.8) is 0 Å². The first-order chi connectivity index (χ1) is 8.15. The summed E-state index contributed by atoms with van der Waals surface area (Å²) in [4.78, 5) is 1.61. The van der Waals surface area contributed by atoms with Gasteiger partial charge in [-0.3, -0.25) is 5.10 Å². The first-order valence-electron chi connectivity index (χ1n) is 5.20. The van der Waals surface area contributed by atoms with E-state index in [1.807, 2.05) is 32.0 Å². The van der Waals surface area contributed by atoms with E-state index >= 15 is 0 Å². The zero-order valence-electron chi connectivity index (χ0n) is 9.40. The highest BCUT2D eigenvalue weighted by Gasteiger charge is 2.11. The average Bonchev–Trinajstić information content (AvgIpc) is 2.81. The molecular formula is C11H10BrN5. The van der Waals surface area contributed by atoms with Gasteiger partial charge >= 0.3 is 0 Å². The molecule has 0 spiro atoms. The summed E-state index contributed by atoms with van der Waals surface area (Å²) in [6, 6.07) is 6.06. The van der Waals surface area contributed by atoms with E-state index < -0.39 is 0 Å². The highest BCUT2D eigenvalue weighted by molar-refractivity contribution is 9.10. The fourth-order valence-corrected chi connectivity index (χ4v) is 2.35. The van der Waals surface area contributed by atoms with Crippen LogP contribution in [0.25, 0.3) is 16.9 Å². The number of halogens is 1. The Morgan fingerprint density at radius 2 is 2.06 bits per heavy atom. The number of hydrogen-bond donors (Lipinski definition) is 1. The number of fused-ring (bicyclic) bond motifs is 1. The SMILES string of the molecule is Cc1ccc(-n2nc3[nH]nc(C)c3n2)c(Br)c1. The van der Waals surface area contributed by atoms with Gasteiger partial charge in [0.05, 0.1) is 11.4 Å². The van der Waals surface area contributed by atoms with E-state index in [4.69, 9.17) is 0 Å². The summed E-state index contributed by atoms with van der Waals surface area (Å²) in [5.41, 5.74) is 4.47. The van der Waals surface area contributed by atoms with E-state index in [0.29, 0.717) is 5.65 Å². The van der Waals surface area contributed by atoms with Crippen LogP contribution in [0.4, 0.5) is 0 Å². The largest absolute Gasteiger partial charge is 0.258 e. The van der Waals surface area contributed by atoms with Crippen molar-refractivity contribution in [2.45, 2.75) is 13.8 Å². The van der Waals surface area contributed by atoms with Crippen LogP contribution in [0.2, 0.25) is 0 Å². The Morgan fingerprint density at radius 3 is 2.76 bits per heavy atom. The van der Waals surface area contributed by atoms with E-state index in [9.17, 15) is 0 Å². The van der Waals surface area contributed by atoms with E-state index in [0.717, 1.165) is 21.4 Å². The Kier molecular flexibility index (Phi) is 2.25. The lowest BCUT2D eigenvalue weighted by molar-refractivity contribution is 0.752. The van der Waals surface area contributed by atoms with Crippen LogP contribution in [-0.4, -0.2) is 25.2 Å². The van der Waals surface area contributed by atoms with Gasteiger partial charge in [0, 0.05) is 4.47 Å². The Balaban J connectivity index is 2.20. The van der Waals surface area contributed by atoms with Crippen molar-refractivity contribution in [1.29, 1.82) is 0 Å².